The van der Waals surface area contributed by atoms with Gasteiger partial charge in [0.15, 0.2) is 18.9 Å². The van der Waals surface area contributed by atoms with Crippen molar-refractivity contribution in [1.29, 1.82) is 10.5 Å². The van der Waals surface area contributed by atoms with Crippen LogP contribution in [0.5, 0.6) is 17.4 Å². The molecule has 0 atom stereocenters. The number of nitrogens with two attached hydrogens (primary N) is 1. The smallest absolute Gasteiger partial charge is 0.302 e. The van der Waals surface area contributed by atoms with Crippen molar-refractivity contribution < 1.29 is 24.2 Å². The Morgan fingerprint density at radius 3 is 2.05 bits per heavy atom. The normalized spacial score (nSPS) is 10.2. The van der Waals surface area contributed by atoms with Crippen molar-refractivity contribution in [1.82, 2.24) is 10.4 Å². The molecule has 3 aromatic carbocycles. The predicted molar refractivity (Wildman–Crippen MR) is 148 cm³/mol. The molecule has 1 heterocycles. The van der Waals surface area contributed by atoms with Crippen LogP contribution in [-0.2, 0) is 9.59 Å². The van der Waals surface area contributed by atoms with E-state index >= 15 is 0 Å². The second-order valence-electron chi connectivity index (χ2n) is 7.52. The number of nitrogens with one attached hydrogen (secondary N) is 2. The first-order valence-corrected chi connectivity index (χ1v) is 12.1. The number of hydrogen-bond acceptors (Lipinski definition) is 9. The molecule has 0 saturated carbocycles. The van der Waals surface area contributed by atoms with Gasteiger partial charge in [-0.3, -0.25) is 15.0 Å². The first-order chi connectivity index (χ1) is 18.8. The SMILES string of the molecule is N#Cc1ccc(OCC(=O)N=Nc2c(O)[nH]c3ccc(I)cc23)cc1.N#Cc1ccc(OCC(=O)NN)cc1. The van der Waals surface area contributed by atoms with E-state index in [1.54, 1.807) is 48.5 Å². The number of H-pyrrole nitrogens is 1. The topological polar surface area (TPSA) is 199 Å². The van der Waals surface area contributed by atoms with Gasteiger partial charge >= 0.3 is 5.91 Å². The maximum absolute atomic E-state index is 11.8. The zero-order chi connectivity index (χ0) is 28.2. The van der Waals surface area contributed by atoms with Crippen LogP contribution in [0.25, 0.3) is 10.9 Å². The molecule has 39 heavy (non-hydrogen) atoms. The number of carbonyl (C=O) groups is 2. The Balaban J connectivity index is 0.000000255. The lowest BCUT2D eigenvalue weighted by molar-refractivity contribution is -0.123. The molecule has 0 saturated heterocycles. The van der Waals surface area contributed by atoms with E-state index in [0.717, 1.165) is 3.57 Å². The van der Waals surface area contributed by atoms with Crippen molar-refractivity contribution in [3.8, 4) is 29.5 Å². The van der Waals surface area contributed by atoms with Crippen LogP contribution in [0.15, 0.2) is 77.0 Å². The molecule has 0 radical (unpaired) electrons. The highest BCUT2D eigenvalue weighted by molar-refractivity contribution is 14.1. The summed E-state index contributed by atoms with van der Waals surface area (Å²) in [6, 6.07) is 22.3. The van der Waals surface area contributed by atoms with Crippen LogP contribution < -0.4 is 20.7 Å². The number of ether oxygens (including phenoxy) is 2. The van der Waals surface area contributed by atoms with Crippen molar-refractivity contribution >= 4 is 51.0 Å². The van der Waals surface area contributed by atoms with Gasteiger partial charge in [-0.05, 0) is 89.3 Å². The second kappa shape index (κ2) is 14.1. The summed E-state index contributed by atoms with van der Waals surface area (Å²) in [5, 5.41) is 35.3. The van der Waals surface area contributed by atoms with E-state index in [0.29, 0.717) is 33.5 Å². The third-order valence-corrected chi connectivity index (χ3v) is 5.51. The minimum Gasteiger partial charge on any atom is -0.493 e. The average Bonchev–Trinajstić information content (AvgIpc) is 3.28. The fourth-order valence-corrected chi connectivity index (χ4v) is 3.45. The summed E-state index contributed by atoms with van der Waals surface area (Å²) >= 11 is 2.15. The Kier molecular flexibility index (Phi) is 10.3. The van der Waals surface area contributed by atoms with Crippen molar-refractivity contribution in [2.24, 2.45) is 16.1 Å². The molecule has 13 heteroatoms. The van der Waals surface area contributed by atoms with Gasteiger partial charge in [0, 0.05) is 8.96 Å². The van der Waals surface area contributed by atoms with Gasteiger partial charge < -0.3 is 19.6 Å². The molecule has 0 aliphatic rings. The standard InChI is InChI=1S/C17H11IN4O3.C9H9N3O2/c18-11-3-6-14-13(7-11)16(17(24)20-14)22-21-15(23)9-25-12-4-1-10(8-19)2-5-12;10-5-7-1-3-8(4-2-7)14-6-9(13)12-11/h1-7,20,24H,9H2;1-4H,6,11H2,(H,12,13). The predicted octanol–water partition coefficient (Wildman–Crippen LogP) is 3.97. The minimum absolute atomic E-state index is 0.137. The Hall–Kier alpha value is -4.99. The van der Waals surface area contributed by atoms with E-state index in [2.05, 4.69) is 37.8 Å². The molecule has 0 spiro atoms. The zero-order valence-electron chi connectivity index (χ0n) is 20.1. The van der Waals surface area contributed by atoms with Crippen molar-refractivity contribution in [3.05, 3.63) is 81.4 Å². The first kappa shape index (κ1) is 28.6. The number of carbonyl (C=O) groups excluding carboxylic acids is 2. The molecule has 196 valence electrons. The van der Waals surface area contributed by atoms with Crippen molar-refractivity contribution in [2.75, 3.05) is 13.2 Å². The summed E-state index contributed by atoms with van der Waals surface area (Å²) in [6.07, 6.45) is 0. The highest BCUT2D eigenvalue weighted by Gasteiger charge is 2.11. The highest BCUT2D eigenvalue weighted by atomic mass is 127. The number of nitrogens with zero attached hydrogens (tertiary/aromatic N) is 4. The summed E-state index contributed by atoms with van der Waals surface area (Å²) in [7, 11) is 0. The van der Waals surface area contributed by atoms with Crippen LogP contribution in [-0.4, -0.2) is 35.1 Å². The van der Waals surface area contributed by atoms with Crippen LogP contribution in [0.2, 0.25) is 0 Å². The summed E-state index contributed by atoms with van der Waals surface area (Å²) < 4.78 is 11.3. The molecule has 1 aromatic heterocycles. The highest BCUT2D eigenvalue weighted by Crippen LogP contribution is 2.36. The Morgan fingerprint density at radius 1 is 0.949 bits per heavy atom. The summed E-state index contributed by atoms with van der Waals surface area (Å²) in [4.78, 5) is 25.3. The van der Waals surface area contributed by atoms with Gasteiger partial charge in [-0.1, -0.05) is 0 Å². The Labute approximate surface area is 235 Å². The van der Waals surface area contributed by atoms with E-state index in [-0.39, 0.29) is 24.8 Å². The number of aromatic hydroxyl groups is 1. The molecular formula is C26H20IN7O5. The van der Waals surface area contributed by atoms with E-state index in [4.69, 9.17) is 25.8 Å². The lowest BCUT2D eigenvalue weighted by atomic mass is 10.2. The number of aromatic amines is 1. The third kappa shape index (κ3) is 8.53. The van der Waals surface area contributed by atoms with Crippen LogP contribution in [0.3, 0.4) is 0 Å². The van der Waals surface area contributed by atoms with Gasteiger partial charge in [0.1, 0.15) is 11.5 Å². The van der Waals surface area contributed by atoms with Crippen LogP contribution in [0.4, 0.5) is 5.69 Å². The van der Waals surface area contributed by atoms with E-state index in [9.17, 15) is 14.7 Å². The van der Waals surface area contributed by atoms with Crippen molar-refractivity contribution in [2.45, 2.75) is 0 Å². The third-order valence-electron chi connectivity index (χ3n) is 4.84. The summed E-state index contributed by atoms with van der Waals surface area (Å²) in [5.74, 6) is 4.68. The quantitative estimate of drug-likeness (QED) is 0.0767. The number of azo groups is 1. The zero-order valence-corrected chi connectivity index (χ0v) is 22.2. The van der Waals surface area contributed by atoms with Gasteiger partial charge in [0.2, 0.25) is 5.88 Å². The van der Waals surface area contributed by atoms with E-state index < -0.39 is 11.8 Å². The maximum Gasteiger partial charge on any atom is 0.302 e. The molecule has 4 rings (SSSR count). The lowest BCUT2D eigenvalue weighted by Crippen LogP contribution is -2.34. The number of amides is 2. The number of rotatable bonds is 7. The lowest BCUT2D eigenvalue weighted by Gasteiger charge is -2.03. The Bertz CT molecular complexity index is 1570. The molecule has 5 N–H and O–H groups in total. The number of hydrazine groups is 1. The maximum atomic E-state index is 11.8. The average molecular weight is 637 g/mol. The van der Waals surface area contributed by atoms with Crippen LogP contribution in [0.1, 0.15) is 11.1 Å². The van der Waals surface area contributed by atoms with Crippen molar-refractivity contribution in [3.63, 3.8) is 0 Å². The van der Waals surface area contributed by atoms with Crippen LogP contribution >= 0.6 is 22.6 Å². The fourth-order valence-electron chi connectivity index (χ4n) is 2.96. The van der Waals surface area contributed by atoms with Gasteiger partial charge in [-0.2, -0.15) is 10.5 Å². The second-order valence-corrected chi connectivity index (χ2v) is 8.77. The molecule has 0 fully saturated rings. The number of hydrogen-bond donors (Lipinski definition) is 4. The minimum atomic E-state index is -0.594. The number of fused-ring (bicyclic) bond motifs is 1. The molecule has 0 bridgehead atoms. The molecule has 4 aromatic rings. The Morgan fingerprint density at radius 2 is 1.51 bits per heavy atom. The van der Waals surface area contributed by atoms with Gasteiger partial charge in [-0.25, -0.2) is 5.84 Å². The molecule has 0 unspecified atom stereocenters. The fraction of sp³-hybridized carbons (Fsp3) is 0.0769. The summed E-state index contributed by atoms with van der Waals surface area (Å²) in [6.45, 7) is -0.432. The van der Waals surface area contributed by atoms with Gasteiger partial charge in [-0.15, -0.1) is 10.2 Å². The molecule has 0 aliphatic heterocycles. The monoisotopic (exact) mass is 637 g/mol. The molecule has 2 amide bonds. The van der Waals surface area contributed by atoms with Gasteiger partial charge in [0.05, 0.1) is 28.8 Å². The summed E-state index contributed by atoms with van der Waals surface area (Å²) in [5.41, 5.74) is 3.90. The van der Waals surface area contributed by atoms with E-state index in [1.165, 1.54) is 0 Å². The molecule has 12 nitrogen and oxygen atoms in total. The molecule has 0 aliphatic carbocycles. The number of aromatic nitrogens is 1. The number of nitriles is 2. The van der Waals surface area contributed by atoms with Gasteiger partial charge in [0.25, 0.3) is 5.91 Å². The number of halogens is 1. The number of benzene rings is 3. The molecular weight excluding hydrogens is 617 g/mol. The largest absolute Gasteiger partial charge is 0.493 e. The first-order valence-electron chi connectivity index (χ1n) is 11.0. The van der Waals surface area contributed by atoms with E-state index in [1.807, 2.05) is 35.8 Å². The van der Waals surface area contributed by atoms with Crippen LogP contribution in [0, 0.1) is 26.2 Å².